The van der Waals surface area contributed by atoms with Gasteiger partial charge in [0.1, 0.15) is 11.0 Å². The van der Waals surface area contributed by atoms with Crippen molar-refractivity contribution in [1.29, 1.82) is 5.26 Å². The maximum Gasteiger partial charge on any atom is 0.157 e. The first-order chi connectivity index (χ1) is 17.0. The summed E-state index contributed by atoms with van der Waals surface area (Å²) in [4.78, 5) is 5.04. The van der Waals surface area contributed by atoms with Crippen molar-refractivity contribution in [2.75, 3.05) is 24.5 Å². The van der Waals surface area contributed by atoms with E-state index in [9.17, 15) is 15.5 Å². The molecule has 1 aromatic heterocycles. The Kier molecular flexibility index (Phi) is 8.84. The van der Waals surface area contributed by atoms with Crippen molar-refractivity contribution in [2.24, 2.45) is 0 Å². The van der Waals surface area contributed by atoms with Crippen molar-refractivity contribution in [1.82, 2.24) is 4.72 Å². The van der Waals surface area contributed by atoms with Crippen LogP contribution in [0.1, 0.15) is 31.6 Å². The van der Waals surface area contributed by atoms with Gasteiger partial charge in [-0.1, -0.05) is 18.2 Å². The number of hydrogen-bond donors (Lipinski definition) is 3. The molecule has 0 amide bonds. The zero-order valence-electron chi connectivity index (χ0n) is 20.0. The second kappa shape index (κ2) is 12.0. The zero-order valence-corrected chi connectivity index (χ0v) is 21.6. The first-order valence-electron chi connectivity index (χ1n) is 11.9. The van der Waals surface area contributed by atoms with Crippen LogP contribution in [0.25, 0.3) is 27.3 Å². The number of aliphatic hydroxyl groups is 2. The van der Waals surface area contributed by atoms with E-state index in [2.05, 4.69) is 72.0 Å². The van der Waals surface area contributed by atoms with Crippen molar-refractivity contribution in [3.8, 4) is 16.5 Å². The molecular weight excluding hydrogens is 478 g/mol. The number of nitriles is 1. The fourth-order valence-corrected chi connectivity index (χ4v) is 5.96. The monoisotopic (exact) mass is 509 g/mol. The van der Waals surface area contributed by atoms with E-state index < -0.39 is 12.4 Å². The van der Waals surface area contributed by atoms with Gasteiger partial charge in [-0.05, 0) is 78.5 Å². The molecule has 1 aliphatic heterocycles. The topological polar surface area (TPSA) is 88.8 Å². The van der Waals surface area contributed by atoms with Crippen LogP contribution in [0.15, 0.2) is 53.4 Å². The van der Waals surface area contributed by atoms with Crippen LogP contribution >= 0.6 is 23.3 Å². The molecule has 1 fully saturated rings. The molecule has 3 N–H and O–H groups in total. The highest BCUT2D eigenvalue weighted by atomic mass is 32.2. The predicted molar refractivity (Wildman–Crippen MR) is 146 cm³/mol. The molecule has 0 radical (unpaired) electrons. The SMILES string of the molecule is CCN(CC)c1ccc2cc(-c3ccc(/C=C(\C#N)SNCC4CC(O)CC(O)O4)s3)ccc2c1. The number of aliphatic hydroxyl groups excluding tert-OH is 2. The average Bonchev–Trinajstić information content (AvgIpc) is 3.32. The summed E-state index contributed by atoms with van der Waals surface area (Å²) in [6.45, 7) is 6.76. The fourth-order valence-electron chi connectivity index (χ4n) is 4.28. The van der Waals surface area contributed by atoms with Crippen molar-refractivity contribution >= 4 is 45.8 Å². The summed E-state index contributed by atoms with van der Waals surface area (Å²) in [6, 6.07) is 19.5. The van der Waals surface area contributed by atoms with Crippen LogP contribution in [0.2, 0.25) is 0 Å². The molecule has 0 bridgehead atoms. The average molecular weight is 510 g/mol. The van der Waals surface area contributed by atoms with Crippen molar-refractivity contribution in [2.45, 2.75) is 45.2 Å². The third-order valence-corrected chi connectivity index (χ3v) is 7.92. The summed E-state index contributed by atoms with van der Waals surface area (Å²) in [5.74, 6) is 0. The minimum absolute atomic E-state index is 0.238. The lowest BCUT2D eigenvalue weighted by molar-refractivity contribution is -0.186. The molecule has 2 aromatic carbocycles. The Balaban J connectivity index is 1.41. The Bertz CT molecular complexity index is 1210. The number of hydrogen-bond acceptors (Lipinski definition) is 8. The van der Waals surface area contributed by atoms with Gasteiger partial charge in [-0.25, -0.2) is 0 Å². The van der Waals surface area contributed by atoms with Crippen LogP contribution in [0, 0.1) is 11.3 Å². The predicted octanol–water partition coefficient (Wildman–Crippen LogP) is 5.38. The molecule has 0 spiro atoms. The molecule has 8 heteroatoms. The summed E-state index contributed by atoms with van der Waals surface area (Å²) in [6.07, 6.45) is 0.783. The van der Waals surface area contributed by atoms with Crippen molar-refractivity contribution < 1.29 is 14.9 Å². The van der Waals surface area contributed by atoms with Gasteiger partial charge < -0.3 is 19.8 Å². The minimum atomic E-state index is -0.939. The third kappa shape index (κ3) is 6.64. The Morgan fingerprint density at radius 1 is 1.14 bits per heavy atom. The number of fused-ring (bicyclic) bond motifs is 1. The number of thiophene rings is 1. The third-order valence-electron chi connectivity index (χ3n) is 6.10. The van der Waals surface area contributed by atoms with E-state index >= 15 is 0 Å². The van der Waals surface area contributed by atoms with Gasteiger partial charge in [-0.15, -0.1) is 11.3 Å². The van der Waals surface area contributed by atoms with E-state index in [1.54, 1.807) is 11.3 Å². The van der Waals surface area contributed by atoms with Crippen LogP contribution < -0.4 is 9.62 Å². The molecule has 184 valence electrons. The van der Waals surface area contributed by atoms with Gasteiger partial charge in [0, 0.05) is 47.9 Å². The molecule has 0 aliphatic carbocycles. The van der Waals surface area contributed by atoms with Gasteiger partial charge in [0.2, 0.25) is 0 Å². The van der Waals surface area contributed by atoms with E-state index in [0.29, 0.717) is 17.9 Å². The smallest absolute Gasteiger partial charge is 0.157 e. The first kappa shape index (κ1) is 25.7. The Labute approximate surface area is 215 Å². The molecule has 1 aliphatic rings. The number of rotatable bonds is 9. The van der Waals surface area contributed by atoms with Gasteiger partial charge in [0.25, 0.3) is 0 Å². The highest BCUT2D eigenvalue weighted by Gasteiger charge is 2.26. The largest absolute Gasteiger partial charge is 0.393 e. The lowest BCUT2D eigenvalue weighted by atomic mass is 10.0. The number of allylic oxidation sites excluding steroid dienone is 1. The first-order valence-corrected chi connectivity index (χ1v) is 13.5. The summed E-state index contributed by atoms with van der Waals surface area (Å²) in [7, 11) is 0. The normalized spacial score (nSPS) is 20.7. The molecule has 3 unspecified atom stereocenters. The maximum absolute atomic E-state index is 9.77. The van der Waals surface area contributed by atoms with Gasteiger partial charge in [-0.3, -0.25) is 4.72 Å². The number of nitrogens with one attached hydrogen (secondary N) is 1. The number of anilines is 1. The van der Waals surface area contributed by atoms with Gasteiger partial charge >= 0.3 is 0 Å². The second-order valence-electron chi connectivity index (χ2n) is 8.53. The number of nitrogens with zero attached hydrogens (tertiary/aromatic N) is 2. The fraction of sp³-hybridized carbons (Fsp3) is 0.370. The molecule has 35 heavy (non-hydrogen) atoms. The molecule has 6 nitrogen and oxygen atoms in total. The Morgan fingerprint density at radius 3 is 2.66 bits per heavy atom. The quantitative estimate of drug-likeness (QED) is 0.264. The summed E-state index contributed by atoms with van der Waals surface area (Å²) >= 11 is 2.88. The Morgan fingerprint density at radius 2 is 1.91 bits per heavy atom. The van der Waals surface area contributed by atoms with Crippen molar-refractivity contribution in [3.05, 3.63) is 58.3 Å². The van der Waals surface area contributed by atoms with Gasteiger partial charge in [-0.2, -0.15) is 5.26 Å². The number of benzene rings is 2. The molecule has 0 saturated carbocycles. The Hall–Kier alpha value is -2.38. The highest BCUT2D eigenvalue weighted by molar-refractivity contribution is 8.01. The van der Waals surface area contributed by atoms with Crippen LogP contribution in [0.5, 0.6) is 0 Å². The molecule has 4 rings (SSSR count). The number of ether oxygens (including phenoxy) is 1. The van der Waals surface area contributed by atoms with E-state index in [1.807, 2.05) is 12.1 Å². The summed E-state index contributed by atoms with van der Waals surface area (Å²) < 4.78 is 8.55. The van der Waals surface area contributed by atoms with Gasteiger partial charge in [0.05, 0.1) is 12.2 Å². The maximum atomic E-state index is 9.77. The molecule has 1 saturated heterocycles. The highest BCUT2D eigenvalue weighted by Crippen LogP contribution is 2.33. The van der Waals surface area contributed by atoms with E-state index in [-0.39, 0.29) is 12.5 Å². The van der Waals surface area contributed by atoms with Crippen LogP contribution in [-0.2, 0) is 4.74 Å². The zero-order chi connectivity index (χ0) is 24.8. The van der Waals surface area contributed by atoms with E-state index in [1.165, 1.54) is 28.4 Å². The molecular formula is C27H31N3O3S2. The van der Waals surface area contributed by atoms with Crippen LogP contribution in [0.3, 0.4) is 0 Å². The molecule has 3 atom stereocenters. The van der Waals surface area contributed by atoms with E-state index in [4.69, 9.17) is 4.74 Å². The summed E-state index contributed by atoms with van der Waals surface area (Å²) in [5, 5.41) is 31.4. The van der Waals surface area contributed by atoms with Crippen LogP contribution in [-0.4, -0.2) is 48.3 Å². The standard InChI is InChI=1S/C27H31N3O3S2/c1-3-30(4-2)21-8-7-18-11-20(6-5-19(18)12-21)26-10-9-24(34-26)15-25(16-28)35-29-17-23-13-22(31)14-27(32)33-23/h5-12,15,22-23,27,29,31-32H,3-4,13-14,17H2,1-2H3/b25-15+. The van der Waals surface area contributed by atoms with Crippen LogP contribution in [0.4, 0.5) is 5.69 Å². The van der Waals surface area contributed by atoms with Crippen molar-refractivity contribution in [3.63, 3.8) is 0 Å². The van der Waals surface area contributed by atoms with Gasteiger partial charge in [0.15, 0.2) is 6.29 Å². The lowest BCUT2D eigenvalue weighted by Gasteiger charge is -2.30. The lowest BCUT2D eigenvalue weighted by Crippen LogP contribution is -2.39. The second-order valence-corrected chi connectivity index (χ2v) is 10.6. The minimum Gasteiger partial charge on any atom is -0.393 e. The van der Waals surface area contributed by atoms with E-state index in [0.717, 1.165) is 28.4 Å². The molecule has 3 aromatic rings. The molecule has 2 heterocycles. The summed E-state index contributed by atoms with van der Waals surface area (Å²) in [5.41, 5.74) is 2.41.